The third kappa shape index (κ3) is 1.70. The van der Waals surface area contributed by atoms with Crippen molar-refractivity contribution in [2.75, 3.05) is 0 Å². The van der Waals surface area contributed by atoms with E-state index in [0.29, 0.717) is 11.3 Å². The minimum atomic E-state index is 0.432. The standard InChI is InChI=1S/C16H24N2S/c1-9(2)13-14(17-18-15(13)19)16-6-10-3-11(7-16)5-12(4-10)8-16/h9-12H,3-8H2,1-2H3,(H2,17,18,19). The van der Waals surface area contributed by atoms with Gasteiger partial charge in [-0.3, -0.25) is 5.10 Å². The summed E-state index contributed by atoms with van der Waals surface area (Å²) < 4.78 is 0.945. The summed E-state index contributed by atoms with van der Waals surface area (Å²) in [5, 5.41) is 6.72. The Labute approximate surface area is 120 Å². The normalized spacial score (nSPS) is 40.3. The number of H-pyrrole nitrogens is 2. The molecule has 19 heavy (non-hydrogen) atoms. The Bertz CT molecular complexity index is 516. The van der Waals surface area contributed by atoms with Crippen molar-refractivity contribution >= 4 is 12.2 Å². The summed E-state index contributed by atoms with van der Waals surface area (Å²) in [4.78, 5) is 0. The maximum atomic E-state index is 5.52. The molecule has 1 heterocycles. The second-order valence-corrected chi connectivity index (χ2v) is 8.13. The third-order valence-electron chi connectivity index (χ3n) is 5.96. The molecule has 4 saturated carbocycles. The minimum absolute atomic E-state index is 0.432. The van der Waals surface area contributed by atoms with Crippen LogP contribution in [0.5, 0.6) is 0 Å². The summed E-state index contributed by atoms with van der Waals surface area (Å²) in [5.41, 5.74) is 3.31. The predicted molar refractivity (Wildman–Crippen MR) is 79.9 cm³/mol. The third-order valence-corrected chi connectivity index (χ3v) is 6.28. The lowest BCUT2D eigenvalue weighted by Crippen LogP contribution is -2.49. The average Bonchev–Trinajstić information content (AvgIpc) is 2.70. The molecule has 0 radical (unpaired) electrons. The van der Waals surface area contributed by atoms with Crippen molar-refractivity contribution in [1.29, 1.82) is 0 Å². The van der Waals surface area contributed by atoms with E-state index in [4.69, 9.17) is 12.2 Å². The number of aromatic amines is 2. The highest BCUT2D eigenvalue weighted by Crippen LogP contribution is 2.61. The zero-order valence-electron chi connectivity index (χ0n) is 12.0. The van der Waals surface area contributed by atoms with Crippen molar-refractivity contribution in [3.8, 4) is 0 Å². The van der Waals surface area contributed by atoms with Gasteiger partial charge in [-0.1, -0.05) is 26.1 Å². The fourth-order valence-corrected chi connectivity index (χ4v) is 6.14. The van der Waals surface area contributed by atoms with E-state index in [9.17, 15) is 0 Å². The van der Waals surface area contributed by atoms with Gasteiger partial charge in [0.15, 0.2) is 0 Å². The van der Waals surface area contributed by atoms with Crippen LogP contribution >= 0.6 is 12.2 Å². The fourth-order valence-electron chi connectivity index (χ4n) is 5.75. The Kier molecular flexibility index (Phi) is 2.55. The van der Waals surface area contributed by atoms with Crippen LogP contribution in [0.3, 0.4) is 0 Å². The number of nitrogens with one attached hydrogen (secondary N) is 2. The predicted octanol–water partition coefficient (Wildman–Crippen LogP) is 4.66. The maximum Gasteiger partial charge on any atom is 0.123 e. The second kappa shape index (κ2) is 3.97. The lowest BCUT2D eigenvalue weighted by Gasteiger charge is -2.56. The van der Waals surface area contributed by atoms with Gasteiger partial charge in [0, 0.05) is 16.7 Å². The van der Waals surface area contributed by atoms with E-state index in [-0.39, 0.29) is 0 Å². The van der Waals surface area contributed by atoms with Crippen molar-refractivity contribution in [2.24, 2.45) is 17.8 Å². The van der Waals surface area contributed by atoms with E-state index in [1.807, 2.05) is 0 Å². The van der Waals surface area contributed by atoms with Crippen molar-refractivity contribution in [3.05, 3.63) is 15.9 Å². The molecule has 0 aromatic carbocycles. The Morgan fingerprint density at radius 2 is 1.53 bits per heavy atom. The van der Waals surface area contributed by atoms with Crippen LogP contribution in [0.15, 0.2) is 0 Å². The first kappa shape index (κ1) is 12.2. The van der Waals surface area contributed by atoms with E-state index >= 15 is 0 Å². The van der Waals surface area contributed by atoms with E-state index in [2.05, 4.69) is 24.0 Å². The van der Waals surface area contributed by atoms with Gasteiger partial charge in [-0.2, -0.15) is 0 Å². The highest BCUT2D eigenvalue weighted by molar-refractivity contribution is 7.71. The Balaban J connectivity index is 1.82. The summed E-state index contributed by atoms with van der Waals surface area (Å²) in [7, 11) is 0. The molecule has 0 aliphatic heterocycles. The van der Waals surface area contributed by atoms with Gasteiger partial charge in [0.2, 0.25) is 0 Å². The number of rotatable bonds is 2. The molecule has 3 heteroatoms. The Morgan fingerprint density at radius 3 is 2.00 bits per heavy atom. The molecule has 0 unspecified atom stereocenters. The van der Waals surface area contributed by atoms with Crippen molar-refractivity contribution in [1.82, 2.24) is 10.2 Å². The van der Waals surface area contributed by atoms with Crippen LogP contribution in [-0.4, -0.2) is 10.2 Å². The van der Waals surface area contributed by atoms with Gasteiger partial charge < -0.3 is 5.10 Å². The highest BCUT2D eigenvalue weighted by atomic mass is 32.1. The van der Waals surface area contributed by atoms with Crippen molar-refractivity contribution < 1.29 is 0 Å². The molecule has 2 nitrogen and oxygen atoms in total. The molecule has 5 rings (SSSR count). The number of hydrogen-bond donors (Lipinski definition) is 2. The lowest BCUT2D eigenvalue weighted by atomic mass is 9.48. The molecule has 4 aliphatic rings. The van der Waals surface area contributed by atoms with Gasteiger partial charge in [0.1, 0.15) is 4.64 Å². The zero-order valence-corrected chi connectivity index (χ0v) is 12.8. The Morgan fingerprint density at radius 1 is 1.00 bits per heavy atom. The molecular weight excluding hydrogens is 252 g/mol. The fraction of sp³-hybridized carbons (Fsp3) is 0.812. The van der Waals surface area contributed by atoms with E-state index in [0.717, 1.165) is 22.4 Å². The van der Waals surface area contributed by atoms with E-state index in [1.54, 1.807) is 0 Å². The van der Waals surface area contributed by atoms with Crippen LogP contribution in [0.2, 0.25) is 0 Å². The van der Waals surface area contributed by atoms with Crippen molar-refractivity contribution in [2.45, 2.75) is 63.7 Å². The number of aromatic nitrogens is 2. The first-order valence-electron chi connectivity index (χ1n) is 7.88. The first-order chi connectivity index (χ1) is 9.07. The molecular formula is C16H24N2S. The molecule has 0 spiro atoms. The van der Waals surface area contributed by atoms with Crippen LogP contribution in [0.1, 0.15) is 69.5 Å². The monoisotopic (exact) mass is 276 g/mol. The van der Waals surface area contributed by atoms with Crippen LogP contribution < -0.4 is 0 Å². The Hall–Kier alpha value is -0.570. The van der Waals surface area contributed by atoms with Gasteiger partial charge in [-0.25, -0.2) is 0 Å². The first-order valence-corrected chi connectivity index (χ1v) is 8.29. The maximum absolute atomic E-state index is 5.52. The van der Waals surface area contributed by atoms with Gasteiger partial charge in [-0.05, 0) is 62.2 Å². The SMILES string of the molecule is CC(C)c1c(C23CC4CC(CC(C4)C2)C3)[nH][nH]c1=S. The minimum Gasteiger partial charge on any atom is -0.303 e. The van der Waals surface area contributed by atoms with Crippen LogP contribution in [0.4, 0.5) is 0 Å². The molecule has 104 valence electrons. The van der Waals surface area contributed by atoms with Crippen LogP contribution in [0.25, 0.3) is 0 Å². The number of hydrogen-bond acceptors (Lipinski definition) is 1. The zero-order chi connectivity index (χ0) is 13.2. The largest absolute Gasteiger partial charge is 0.303 e. The summed E-state index contributed by atoms with van der Waals surface area (Å²) in [5.74, 6) is 3.49. The smallest absolute Gasteiger partial charge is 0.123 e. The summed E-state index contributed by atoms with van der Waals surface area (Å²) in [6.45, 7) is 4.55. The molecule has 1 aromatic rings. The summed E-state index contributed by atoms with van der Waals surface area (Å²) >= 11 is 5.52. The van der Waals surface area contributed by atoms with Gasteiger partial charge in [0.05, 0.1) is 0 Å². The molecule has 2 N–H and O–H groups in total. The lowest BCUT2D eigenvalue weighted by molar-refractivity contribution is -0.00770. The van der Waals surface area contributed by atoms with Crippen LogP contribution in [-0.2, 0) is 5.41 Å². The topological polar surface area (TPSA) is 31.6 Å². The quantitative estimate of drug-likeness (QED) is 0.756. The van der Waals surface area contributed by atoms with Crippen LogP contribution in [0, 0.1) is 22.4 Å². The van der Waals surface area contributed by atoms with Gasteiger partial charge in [-0.15, -0.1) is 0 Å². The van der Waals surface area contributed by atoms with E-state index in [1.165, 1.54) is 49.8 Å². The summed E-state index contributed by atoms with van der Waals surface area (Å²) in [6, 6.07) is 0. The average molecular weight is 276 g/mol. The van der Waals surface area contributed by atoms with Gasteiger partial charge >= 0.3 is 0 Å². The molecule has 0 saturated heterocycles. The molecule has 1 aromatic heterocycles. The molecule has 4 fully saturated rings. The highest BCUT2D eigenvalue weighted by Gasteiger charge is 2.53. The van der Waals surface area contributed by atoms with Crippen molar-refractivity contribution in [3.63, 3.8) is 0 Å². The second-order valence-electron chi connectivity index (χ2n) is 7.72. The van der Waals surface area contributed by atoms with E-state index < -0.39 is 0 Å². The van der Waals surface area contributed by atoms with Gasteiger partial charge in [0.25, 0.3) is 0 Å². The molecule has 0 atom stereocenters. The molecule has 4 aliphatic carbocycles. The molecule has 4 bridgehead atoms. The summed E-state index contributed by atoms with van der Waals surface area (Å²) in [6.07, 6.45) is 8.72. The molecule has 0 amide bonds.